The summed E-state index contributed by atoms with van der Waals surface area (Å²) >= 11 is 0. The molecule has 0 unspecified atom stereocenters. The minimum absolute atomic E-state index is 0.168. The number of pyridine rings is 1. The van der Waals surface area contributed by atoms with Crippen molar-refractivity contribution in [3.63, 3.8) is 0 Å². The number of ether oxygens (including phenoxy) is 1. The molecule has 0 atom stereocenters. The van der Waals surface area contributed by atoms with E-state index < -0.39 is 5.82 Å². The first-order valence-electron chi connectivity index (χ1n) is 8.67. The molecule has 0 aliphatic heterocycles. The van der Waals surface area contributed by atoms with Gasteiger partial charge in [0, 0.05) is 24.4 Å². The first-order chi connectivity index (χ1) is 13.5. The van der Waals surface area contributed by atoms with Crippen molar-refractivity contribution in [3.8, 4) is 17.0 Å². The van der Waals surface area contributed by atoms with Gasteiger partial charge in [-0.1, -0.05) is 0 Å². The Labute approximate surface area is 160 Å². The van der Waals surface area contributed by atoms with E-state index in [2.05, 4.69) is 10.4 Å². The third kappa shape index (κ3) is 3.15. The Kier molecular flexibility index (Phi) is 4.43. The molecule has 4 rings (SSSR count). The number of fused-ring (bicyclic) bond motifs is 1. The van der Waals surface area contributed by atoms with Crippen LogP contribution >= 0.6 is 0 Å². The number of nitrogens with one attached hydrogen (secondary N) is 1. The van der Waals surface area contributed by atoms with Crippen molar-refractivity contribution in [1.82, 2.24) is 14.8 Å². The topological polar surface area (TPSA) is 52.0 Å². The first-order valence-corrected chi connectivity index (χ1v) is 8.67. The van der Waals surface area contributed by atoms with E-state index in [1.165, 1.54) is 25.3 Å². The average Bonchev–Trinajstić information content (AvgIpc) is 2.96. The largest absolute Gasteiger partial charge is 0.494 e. The first kappa shape index (κ1) is 17.9. The number of methoxy groups -OCH3 is 1. The molecule has 5 nitrogen and oxygen atoms in total. The van der Waals surface area contributed by atoms with Crippen LogP contribution in [0.5, 0.6) is 5.75 Å². The van der Waals surface area contributed by atoms with Gasteiger partial charge in [0.15, 0.2) is 11.6 Å². The maximum atomic E-state index is 14.1. The van der Waals surface area contributed by atoms with Crippen LogP contribution in [0, 0.1) is 18.6 Å². The van der Waals surface area contributed by atoms with Gasteiger partial charge in [0.25, 0.3) is 0 Å². The van der Waals surface area contributed by atoms with Gasteiger partial charge in [-0.3, -0.25) is 4.68 Å². The van der Waals surface area contributed by atoms with Gasteiger partial charge in [-0.05, 0) is 49.4 Å². The molecule has 7 heteroatoms. The summed E-state index contributed by atoms with van der Waals surface area (Å²) in [7, 11) is 3.27. The smallest absolute Gasteiger partial charge is 0.167 e. The molecule has 0 aliphatic carbocycles. The zero-order valence-electron chi connectivity index (χ0n) is 15.6. The minimum atomic E-state index is -0.471. The second-order valence-corrected chi connectivity index (χ2v) is 6.44. The lowest BCUT2D eigenvalue weighted by Crippen LogP contribution is -1.99. The summed E-state index contributed by atoms with van der Waals surface area (Å²) in [5.41, 5.74) is 3.63. The van der Waals surface area contributed by atoms with E-state index in [0.717, 1.165) is 22.2 Å². The second kappa shape index (κ2) is 6.92. The molecule has 2 aromatic heterocycles. The molecule has 0 aliphatic rings. The van der Waals surface area contributed by atoms with Gasteiger partial charge in [-0.15, -0.1) is 0 Å². The van der Waals surface area contributed by atoms with Crippen LogP contribution in [0.3, 0.4) is 0 Å². The van der Waals surface area contributed by atoms with E-state index in [9.17, 15) is 8.78 Å². The summed E-state index contributed by atoms with van der Waals surface area (Å²) in [6, 6.07) is 12.6. The number of aromatic nitrogens is 3. The van der Waals surface area contributed by atoms with Crippen LogP contribution in [-0.4, -0.2) is 21.9 Å². The lowest BCUT2D eigenvalue weighted by molar-refractivity contribution is 0.386. The second-order valence-electron chi connectivity index (χ2n) is 6.44. The quantitative estimate of drug-likeness (QED) is 0.543. The van der Waals surface area contributed by atoms with Gasteiger partial charge < -0.3 is 10.1 Å². The Balaban J connectivity index is 1.86. The van der Waals surface area contributed by atoms with Crippen LogP contribution < -0.4 is 10.1 Å². The van der Waals surface area contributed by atoms with Crippen molar-refractivity contribution < 1.29 is 13.5 Å². The Hall–Kier alpha value is -3.48. The molecule has 0 saturated heterocycles. The summed E-state index contributed by atoms with van der Waals surface area (Å²) in [4.78, 5) is 4.70. The lowest BCUT2D eigenvalue weighted by atomic mass is 10.1. The van der Waals surface area contributed by atoms with E-state index in [0.29, 0.717) is 17.2 Å². The molecule has 142 valence electrons. The predicted octanol–water partition coefficient (Wildman–Crippen LogP) is 4.97. The van der Waals surface area contributed by atoms with Crippen LogP contribution in [0.4, 0.5) is 20.3 Å². The summed E-state index contributed by atoms with van der Waals surface area (Å²) in [5.74, 6) is -0.0668. The van der Waals surface area contributed by atoms with Crippen molar-refractivity contribution in [2.45, 2.75) is 6.92 Å². The highest BCUT2D eigenvalue weighted by Gasteiger charge is 2.15. The number of benzene rings is 2. The number of rotatable bonds is 4. The molecule has 0 fully saturated rings. The molecular formula is C21H18F2N4O. The molecule has 1 N–H and O–H groups in total. The number of halogens is 2. The number of hydrogen-bond acceptors (Lipinski definition) is 4. The summed E-state index contributed by atoms with van der Waals surface area (Å²) in [5, 5.41) is 8.49. The van der Waals surface area contributed by atoms with Crippen molar-refractivity contribution in [1.29, 1.82) is 0 Å². The fraction of sp³-hybridized carbons (Fsp3) is 0.143. The molecule has 28 heavy (non-hydrogen) atoms. The van der Waals surface area contributed by atoms with Crippen LogP contribution in [0.1, 0.15) is 5.69 Å². The minimum Gasteiger partial charge on any atom is -0.494 e. The Bertz CT molecular complexity index is 1170. The Morgan fingerprint density at radius 2 is 1.79 bits per heavy atom. The van der Waals surface area contributed by atoms with Gasteiger partial charge in [-0.25, -0.2) is 13.8 Å². The van der Waals surface area contributed by atoms with Crippen LogP contribution in [0.15, 0.2) is 48.5 Å². The molecule has 0 amide bonds. The fourth-order valence-electron chi connectivity index (χ4n) is 3.21. The van der Waals surface area contributed by atoms with Crippen molar-refractivity contribution >= 4 is 22.4 Å². The summed E-state index contributed by atoms with van der Waals surface area (Å²) in [6.07, 6.45) is 0. The maximum Gasteiger partial charge on any atom is 0.167 e. The summed E-state index contributed by atoms with van der Waals surface area (Å²) in [6.45, 7) is 1.89. The van der Waals surface area contributed by atoms with Crippen molar-refractivity contribution in [3.05, 3.63) is 65.9 Å². The molecule has 0 spiro atoms. The maximum absolute atomic E-state index is 14.1. The molecule has 2 aromatic carbocycles. The van der Waals surface area contributed by atoms with Crippen LogP contribution in [0.2, 0.25) is 0 Å². The van der Waals surface area contributed by atoms with Crippen molar-refractivity contribution in [2.75, 3.05) is 12.4 Å². The van der Waals surface area contributed by atoms with Gasteiger partial charge in [0.1, 0.15) is 11.6 Å². The zero-order valence-corrected chi connectivity index (χ0v) is 15.6. The highest BCUT2D eigenvalue weighted by Crippen LogP contribution is 2.32. The number of hydrogen-bond donors (Lipinski definition) is 1. The fourth-order valence-corrected chi connectivity index (χ4v) is 3.21. The van der Waals surface area contributed by atoms with E-state index in [1.807, 2.05) is 20.0 Å². The number of nitrogens with zero attached hydrogens (tertiary/aromatic N) is 3. The standard InChI is InChI=1S/C21H18F2N4O/c1-12-20-18(27(2)26-12)11-17(13-4-6-14(22)7-5-13)25-21(20)24-15-8-9-19(28-3)16(23)10-15/h4-11H,1-3H3,(H,24,25). The molecule has 4 aromatic rings. The molecule has 0 bridgehead atoms. The van der Waals surface area contributed by atoms with Gasteiger partial charge >= 0.3 is 0 Å². The Morgan fingerprint density at radius 1 is 1.04 bits per heavy atom. The molecular weight excluding hydrogens is 362 g/mol. The van der Waals surface area contributed by atoms with E-state index in [1.54, 1.807) is 28.9 Å². The highest BCUT2D eigenvalue weighted by molar-refractivity contribution is 5.95. The third-order valence-corrected chi connectivity index (χ3v) is 4.56. The summed E-state index contributed by atoms with van der Waals surface area (Å²) < 4.78 is 34.1. The molecule has 0 saturated carbocycles. The van der Waals surface area contributed by atoms with Crippen molar-refractivity contribution in [2.24, 2.45) is 7.05 Å². The van der Waals surface area contributed by atoms with E-state index in [-0.39, 0.29) is 11.6 Å². The van der Waals surface area contributed by atoms with E-state index in [4.69, 9.17) is 9.72 Å². The van der Waals surface area contributed by atoms with Crippen LogP contribution in [-0.2, 0) is 7.05 Å². The highest BCUT2D eigenvalue weighted by atomic mass is 19.1. The van der Waals surface area contributed by atoms with E-state index >= 15 is 0 Å². The molecule has 0 radical (unpaired) electrons. The Morgan fingerprint density at radius 3 is 2.46 bits per heavy atom. The van der Waals surface area contributed by atoms with Crippen LogP contribution in [0.25, 0.3) is 22.2 Å². The monoisotopic (exact) mass is 380 g/mol. The van der Waals surface area contributed by atoms with Gasteiger partial charge in [-0.2, -0.15) is 5.10 Å². The lowest BCUT2D eigenvalue weighted by Gasteiger charge is -2.11. The normalized spacial score (nSPS) is 11.0. The van der Waals surface area contributed by atoms with Gasteiger partial charge in [0.05, 0.1) is 29.4 Å². The molecule has 2 heterocycles. The van der Waals surface area contributed by atoms with Gasteiger partial charge in [0.2, 0.25) is 0 Å². The average molecular weight is 380 g/mol. The number of aryl methyl sites for hydroxylation is 2. The zero-order chi connectivity index (χ0) is 19.8. The SMILES string of the molecule is COc1ccc(Nc2nc(-c3ccc(F)cc3)cc3c2c(C)nn3C)cc1F. The number of anilines is 2. The third-order valence-electron chi connectivity index (χ3n) is 4.56. The predicted molar refractivity (Wildman–Crippen MR) is 105 cm³/mol.